The van der Waals surface area contributed by atoms with E-state index in [0.29, 0.717) is 20.2 Å². The van der Waals surface area contributed by atoms with E-state index in [2.05, 4.69) is 171 Å². The first-order valence-corrected chi connectivity index (χ1v) is 19.2. The van der Waals surface area contributed by atoms with Crippen LogP contribution in [0.25, 0.3) is 0 Å². The van der Waals surface area contributed by atoms with Crippen molar-refractivity contribution < 1.29 is 14.2 Å². The quantitative estimate of drug-likeness (QED) is 0.163. The Morgan fingerprint density at radius 3 is 1.35 bits per heavy atom. The number of allylic oxidation sites excluding steroid dienone is 3. The minimum absolute atomic E-state index is 0.182. The summed E-state index contributed by atoms with van der Waals surface area (Å²) in [6.07, 6.45) is 7.96. The Morgan fingerprint density at radius 1 is 0.537 bits per heavy atom. The predicted octanol–water partition coefficient (Wildman–Crippen LogP) is 10.4. The Bertz CT molecular complexity index is 2160. The third-order valence-electron chi connectivity index (χ3n) is 11.8. The van der Waals surface area contributed by atoms with Gasteiger partial charge in [-0.25, -0.2) is 0 Å². The van der Waals surface area contributed by atoms with Gasteiger partial charge in [-0.2, -0.15) is 0 Å². The summed E-state index contributed by atoms with van der Waals surface area (Å²) in [5.74, 6) is 2.85. The lowest BCUT2D eigenvalue weighted by atomic mass is 9.70. The molecule has 1 aliphatic carbocycles. The molecule has 0 saturated heterocycles. The smallest absolute Gasteiger partial charge is 0.161 e. The molecular weight excluding hydrogens is 667 g/mol. The van der Waals surface area contributed by atoms with Crippen molar-refractivity contribution in [1.82, 2.24) is 4.90 Å². The molecule has 0 unspecified atom stereocenters. The standard InChI is InChI=1S/C48H49N3O3/c1-33-6-13-41(14-7-33)49-27-35-24-38(10-17-44(35)52-30-49)48(5,39-11-18-45-36(25-39)28-50(31-53-45)42-15-8-34(2)9-16-42)40-12-19-46-37(26-40)29-51(32-54-46)43-20-22-47(3,4)23-21-43/h6-22,24-26H,23,27-32H2,1-5H3. The van der Waals surface area contributed by atoms with Crippen molar-refractivity contribution >= 4 is 11.4 Å². The Labute approximate surface area is 319 Å². The van der Waals surface area contributed by atoms with Crippen LogP contribution in [0.4, 0.5) is 11.4 Å². The van der Waals surface area contributed by atoms with E-state index in [1.807, 2.05) is 0 Å². The lowest BCUT2D eigenvalue weighted by molar-refractivity contribution is 0.130. The van der Waals surface area contributed by atoms with Crippen LogP contribution in [0.1, 0.15) is 71.7 Å². The van der Waals surface area contributed by atoms with Gasteiger partial charge in [0.15, 0.2) is 20.2 Å². The first-order valence-electron chi connectivity index (χ1n) is 19.2. The number of nitrogens with zero attached hydrogens (tertiary/aromatic N) is 3. The van der Waals surface area contributed by atoms with Gasteiger partial charge in [-0.05, 0) is 116 Å². The maximum atomic E-state index is 6.40. The van der Waals surface area contributed by atoms with E-state index in [9.17, 15) is 0 Å². The monoisotopic (exact) mass is 715 g/mol. The molecule has 0 N–H and O–H groups in total. The number of rotatable bonds is 6. The topological polar surface area (TPSA) is 37.4 Å². The van der Waals surface area contributed by atoms with Gasteiger partial charge in [0.1, 0.15) is 17.2 Å². The molecule has 0 aromatic heterocycles. The maximum absolute atomic E-state index is 6.40. The van der Waals surface area contributed by atoms with E-state index in [0.717, 1.165) is 54.7 Å². The maximum Gasteiger partial charge on any atom is 0.161 e. The zero-order chi connectivity index (χ0) is 37.0. The molecule has 0 atom stereocenters. The van der Waals surface area contributed by atoms with Crippen LogP contribution in [0.5, 0.6) is 17.2 Å². The van der Waals surface area contributed by atoms with Gasteiger partial charge in [0.25, 0.3) is 0 Å². The van der Waals surface area contributed by atoms with E-state index >= 15 is 0 Å². The molecular formula is C48H49N3O3. The fourth-order valence-corrected chi connectivity index (χ4v) is 8.22. The zero-order valence-corrected chi connectivity index (χ0v) is 32.1. The third-order valence-corrected chi connectivity index (χ3v) is 11.8. The summed E-state index contributed by atoms with van der Waals surface area (Å²) in [6.45, 7) is 15.1. The van der Waals surface area contributed by atoms with Gasteiger partial charge >= 0.3 is 0 Å². The Morgan fingerprint density at radius 2 is 0.944 bits per heavy atom. The van der Waals surface area contributed by atoms with Gasteiger partial charge in [0, 0.05) is 58.8 Å². The molecule has 54 heavy (non-hydrogen) atoms. The highest BCUT2D eigenvalue weighted by atomic mass is 16.5. The van der Waals surface area contributed by atoms with Crippen molar-refractivity contribution in [2.24, 2.45) is 5.41 Å². The van der Waals surface area contributed by atoms with Gasteiger partial charge in [0.05, 0.1) is 0 Å². The van der Waals surface area contributed by atoms with E-state index in [1.54, 1.807) is 0 Å². The number of anilines is 2. The van der Waals surface area contributed by atoms with Crippen LogP contribution in [0.2, 0.25) is 0 Å². The lowest BCUT2D eigenvalue weighted by Gasteiger charge is -2.38. The first kappa shape index (κ1) is 34.2. The zero-order valence-electron chi connectivity index (χ0n) is 32.1. The van der Waals surface area contributed by atoms with Crippen molar-refractivity contribution in [3.63, 3.8) is 0 Å². The molecule has 0 radical (unpaired) electrons. The summed E-state index contributed by atoms with van der Waals surface area (Å²) in [5.41, 5.74) is 13.0. The average Bonchev–Trinajstić information content (AvgIpc) is 3.20. The van der Waals surface area contributed by atoms with Crippen molar-refractivity contribution in [2.75, 3.05) is 30.0 Å². The van der Waals surface area contributed by atoms with Crippen LogP contribution in [0, 0.1) is 19.3 Å². The average molecular weight is 716 g/mol. The molecule has 0 saturated carbocycles. The summed E-state index contributed by atoms with van der Waals surface area (Å²) in [6, 6.07) is 37.8. The van der Waals surface area contributed by atoms with Crippen molar-refractivity contribution in [3.05, 3.63) is 172 Å². The minimum Gasteiger partial charge on any atom is -0.473 e. The van der Waals surface area contributed by atoms with E-state index in [-0.39, 0.29) is 5.41 Å². The van der Waals surface area contributed by atoms with Crippen LogP contribution in [0.15, 0.2) is 127 Å². The SMILES string of the molecule is Cc1ccc(N2COc3ccc(C(C)(c4ccc5c(c4)CN(C4=CCC(C)(C)C=C4)CO5)c4ccc5c(c4)CN(c4ccc(C)cc4)CO5)cc3C2)cc1. The number of hydrogen-bond donors (Lipinski definition) is 0. The second-order valence-corrected chi connectivity index (χ2v) is 16.3. The number of fused-ring (bicyclic) bond motifs is 3. The van der Waals surface area contributed by atoms with Gasteiger partial charge < -0.3 is 28.9 Å². The predicted molar refractivity (Wildman–Crippen MR) is 217 cm³/mol. The second-order valence-electron chi connectivity index (χ2n) is 16.3. The molecule has 3 aliphatic heterocycles. The van der Waals surface area contributed by atoms with Crippen LogP contribution in [0.3, 0.4) is 0 Å². The lowest BCUT2D eigenvalue weighted by Crippen LogP contribution is -2.34. The first-order chi connectivity index (χ1) is 26.1. The molecule has 5 aromatic carbocycles. The van der Waals surface area contributed by atoms with Crippen molar-refractivity contribution in [3.8, 4) is 17.2 Å². The number of benzene rings is 5. The van der Waals surface area contributed by atoms with Crippen LogP contribution in [-0.2, 0) is 25.0 Å². The van der Waals surface area contributed by atoms with Gasteiger partial charge in [-0.3, -0.25) is 0 Å². The number of ether oxygens (including phenoxy) is 3. The van der Waals surface area contributed by atoms with Gasteiger partial charge in [-0.15, -0.1) is 0 Å². The van der Waals surface area contributed by atoms with Crippen LogP contribution in [-0.4, -0.2) is 25.1 Å². The Balaban J connectivity index is 1.11. The molecule has 5 aromatic rings. The molecule has 0 amide bonds. The van der Waals surface area contributed by atoms with Gasteiger partial charge in [-0.1, -0.05) is 79.6 Å². The highest BCUT2D eigenvalue weighted by Gasteiger charge is 2.35. The fraction of sp³-hybridized carbons (Fsp3) is 0.292. The van der Waals surface area contributed by atoms with Crippen LogP contribution >= 0.6 is 0 Å². The molecule has 274 valence electrons. The largest absolute Gasteiger partial charge is 0.473 e. The minimum atomic E-state index is -0.492. The number of aryl methyl sites for hydroxylation is 2. The molecule has 0 spiro atoms. The van der Waals surface area contributed by atoms with Gasteiger partial charge in [0.2, 0.25) is 0 Å². The summed E-state index contributed by atoms with van der Waals surface area (Å²) >= 11 is 0. The molecule has 6 heteroatoms. The summed E-state index contributed by atoms with van der Waals surface area (Å²) in [4.78, 5) is 6.96. The molecule has 4 aliphatic rings. The van der Waals surface area contributed by atoms with Crippen molar-refractivity contribution in [2.45, 2.75) is 66.1 Å². The summed E-state index contributed by atoms with van der Waals surface area (Å²) < 4.78 is 19.1. The van der Waals surface area contributed by atoms with Crippen molar-refractivity contribution in [1.29, 1.82) is 0 Å². The molecule has 6 nitrogen and oxygen atoms in total. The van der Waals surface area contributed by atoms with E-state index in [4.69, 9.17) is 14.2 Å². The third kappa shape index (κ3) is 6.38. The summed E-state index contributed by atoms with van der Waals surface area (Å²) in [5, 5.41) is 0. The molecule has 3 heterocycles. The Kier molecular flexibility index (Phi) is 8.45. The van der Waals surface area contributed by atoms with E-state index < -0.39 is 5.41 Å². The fourth-order valence-electron chi connectivity index (χ4n) is 8.22. The molecule has 9 rings (SSSR count). The van der Waals surface area contributed by atoms with Crippen LogP contribution < -0.4 is 24.0 Å². The summed E-state index contributed by atoms with van der Waals surface area (Å²) in [7, 11) is 0. The number of hydrogen-bond acceptors (Lipinski definition) is 6. The normalized spacial score (nSPS) is 17.4. The van der Waals surface area contributed by atoms with E-state index in [1.165, 1.54) is 50.2 Å². The molecule has 0 bridgehead atoms. The highest BCUT2D eigenvalue weighted by Crippen LogP contribution is 2.45. The second kappa shape index (κ2) is 13.3. The highest BCUT2D eigenvalue weighted by molar-refractivity contribution is 5.59. The Hall–Kier alpha value is -5.62. The molecule has 0 fully saturated rings.